The maximum Gasteiger partial charge on any atom is 0.569 e. The van der Waals surface area contributed by atoms with Crippen LogP contribution in [0.25, 0.3) is 55.0 Å². The molecule has 8 rings (SSSR count). The first-order valence-electron chi connectivity index (χ1n) is 13.8. The zero-order valence-corrected chi connectivity index (χ0v) is 22.9. The topological polar surface area (TPSA) is 39.3 Å². The largest absolute Gasteiger partial charge is 0.569 e. The van der Waals surface area contributed by atoms with E-state index in [1.807, 2.05) is 77.4 Å². The molecule has 0 bridgehead atoms. The number of nitrogens with zero attached hydrogens (tertiary/aromatic N) is 2. The summed E-state index contributed by atoms with van der Waals surface area (Å²) < 4.78 is 36.0. The molecule has 6 aromatic carbocycles. The van der Waals surface area contributed by atoms with Crippen LogP contribution < -0.4 is 4.65 Å². The highest BCUT2D eigenvalue weighted by Gasteiger charge is 2.14. The second-order valence-corrected chi connectivity index (χ2v) is 10.1. The van der Waals surface area contributed by atoms with Crippen molar-refractivity contribution in [1.82, 2.24) is 9.13 Å². The molecule has 0 spiro atoms. The van der Waals surface area contributed by atoms with Gasteiger partial charge in [0, 0.05) is 39.0 Å². The van der Waals surface area contributed by atoms with Crippen molar-refractivity contribution in [2.75, 3.05) is 0 Å². The van der Waals surface area contributed by atoms with Crippen molar-refractivity contribution in [3.05, 3.63) is 151 Å². The summed E-state index contributed by atoms with van der Waals surface area (Å²) in [5.74, 6) is -0.763. The van der Waals surface area contributed by atoms with E-state index in [1.54, 1.807) is 12.1 Å². The van der Waals surface area contributed by atoms with E-state index in [4.69, 9.17) is 9.68 Å². The Hall–Kier alpha value is -5.40. The molecule has 7 heteroatoms. The quantitative estimate of drug-likeness (QED) is 0.217. The predicted molar refractivity (Wildman–Crippen MR) is 170 cm³/mol. The molecule has 0 fully saturated rings. The summed E-state index contributed by atoms with van der Waals surface area (Å²) in [6.07, 6.45) is 0. The van der Waals surface area contributed by atoms with Crippen LogP contribution in [0.3, 0.4) is 0 Å². The fraction of sp³-hybridized carbons (Fsp3) is 0. The van der Waals surface area contributed by atoms with Crippen molar-refractivity contribution in [2.24, 2.45) is 0 Å². The van der Waals surface area contributed by atoms with Gasteiger partial charge >= 0.3 is 7.69 Å². The third-order valence-electron chi connectivity index (χ3n) is 7.60. The van der Waals surface area contributed by atoms with Crippen molar-refractivity contribution in [1.29, 1.82) is 0 Å². The van der Waals surface area contributed by atoms with Crippen LogP contribution in [0, 0.1) is 11.6 Å². The number of fused-ring (bicyclic) bond motifs is 6. The Morgan fingerprint density at radius 1 is 0.488 bits per heavy atom. The Morgan fingerprint density at radius 2 is 0.884 bits per heavy atom. The smallest absolute Gasteiger partial charge is 0.535 e. The predicted octanol–water partition coefficient (Wildman–Crippen LogP) is 8.75. The summed E-state index contributed by atoms with van der Waals surface area (Å²) in [5.41, 5.74) is 6.07. The van der Waals surface area contributed by atoms with Gasteiger partial charge in [-0.2, -0.15) is 0 Å². The lowest BCUT2D eigenvalue weighted by Gasteiger charge is -2.10. The molecule has 0 aliphatic rings. The van der Waals surface area contributed by atoms with Gasteiger partial charge in [0.2, 0.25) is 0 Å². The van der Waals surface area contributed by atoms with Crippen LogP contribution in [0.4, 0.5) is 8.78 Å². The molecule has 0 saturated carbocycles. The fourth-order valence-corrected chi connectivity index (χ4v) is 5.77. The van der Waals surface area contributed by atoms with Crippen LogP contribution in [0.2, 0.25) is 0 Å². The van der Waals surface area contributed by atoms with Crippen LogP contribution in [-0.2, 0) is 0 Å². The minimum Gasteiger partial charge on any atom is -0.535 e. The molecule has 0 saturated heterocycles. The molecule has 0 amide bonds. The molecule has 0 aliphatic carbocycles. The van der Waals surface area contributed by atoms with Gasteiger partial charge in [-0.05, 0) is 60.7 Å². The van der Waals surface area contributed by atoms with Crippen LogP contribution in [0.15, 0.2) is 140 Å². The van der Waals surface area contributed by atoms with E-state index in [2.05, 4.69) is 41.0 Å². The molecule has 207 valence electrons. The molecule has 43 heavy (non-hydrogen) atoms. The Labute approximate surface area is 246 Å². The van der Waals surface area contributed by atoms with Gasteiger partial charge in [-0.1, -0.05) is 72.8 Å². The number of hydrogen-bond acceptors (Lipinski definition) is 2. The van der Waals surface area contributed by atoms with E-state index in [9.17, 15) is 8.78 Å². The van der Waals surface area contributed by atoms with E-state index < -0.39 is 5.82 Å². The number of halogens is 2. The molecule has 0 atom stereocenters. The average Bonchev–Trinajstić information content (AvgIpc) is 3.56. The molecule has 4 nitrogen and oxygen atoms in total. The molecule has 1 N–H and O–H groups in total. The minimum absolute atomic E-state index is 0.0214. The number of para-hydroxylation sites is 4. The fourth-order valence-electron chi connectivity index (χ4n) is 5.77. The normalized spacial score (nSPS) is 11.1. The van der Waals surface area contributed by atoms with E-state index in [0.717, 1.165) is 44.2 Å². The zero-order chi connectivity index (χ0) is 29.3. The molecule has 0 aliphatic heterocycles. The summed E-state index contributed by atoms with van der Waals surface area (Å²) in [4.78, 5) is 0. The molecule has 2 heterocycles. The Morgan fingerprint density at radius 3 is 1.33 bits per heavy atom. The third-order valence-corrected chi connectivity index (χ3v) is 7.60. The van der Waals surface area contributed by atoms with Crippen LogP contribution >= 0.6 is 0 Å². The van der Waals surface area contributed by atoms with Crippen molar-refractivity contribution < 1.29 is 18.5 Å². The lowest BCUT2D eigenvalue weighted by atomic mass is 10.2. The zero-order valence-electron chi connectivity index (χ0n) is 22.9. The van der Waals surface area contributed by atoms with Gasteiger partial charge < -0.3 is 18.8 Å². The minimum atomic E-state index is -0.528. The van der Waals surface area contributed by atoms with Gasteiger partial charge in [-0.3, -0.25) is 0 Å². The maximum absolute atomic E-state index is 13.8. The lowest BCUT2D eigenvalue weighted by molar-refractivity contribution is 0.431. The molecule has 1 radical (unpaired) electrons. The molecule has 0 unspecified atom stereocenters. The first kappa shape index (κ1) is 26.5. The van der Waals surface area contributed by atoms with Gasteiger partial charge in [0.05, 0.1) is 22.1 Å². The number of hydrogen-bond donors (Lipinski definition) is 1. The van der Waals surface area contributed by atoms with E-state index in [-0.39, 0.29) is 11.6 Å². The maximum atomic E-state index is 13.8. The lowest BCUT2D eigenvalue weighted by Crippen LogP contribution is -2.03. The monoisotopic (exact) mass is 565 g/mol. The van der Waals surface area contributed by atoms with Crippen molar-refractivity contribution in [2.45, 2.75) is 0 Å². The van der Waals surface area contributed by atoms with Crippen LogP contribution in [0.1, 0.15) is 0 Å². The van der Waals surface area contributed by atoms with Gasteiger partial charge in [-0.25, -0.2) is 8.78 Å². The summed E-state index contributed by atoms with van der Waals surface area (Å²) in [7, 11) is 0.480. The summed E-state index contributed by atoms with van der Waals surface area (Å²) in [5, 5.41) is 13.5. The molecule has 8 aromatic rings. The second-order valence-electron chi connectivity index (χ2n) is 10.1. The summed E-state index contributed by atoms with van der Waals surface area (Å²) in [6.45, 7) is 0. The SMILES string of the molecule is Fc1ccc(-n2c3ccccc3c3ccccc32)cc1.O[B]Oc1cc(-n2c3ccccc3c3ccccc32)ccc1F. The van der Waals surface area contributed by atoms with Crippen LogP contribution in [-0.4, -0.2) is 21.8 Å². The molecular formula is C36H24BF2N2O2. The van der Waals surface area contributed by atoms with Crippen molar-refractivity contribution in [3.63, 3.8) is 0 Å². The summed E-state index contributed by atoms with van der Waals surface area (Å²) >= 11 is 0. The van der Waals surface area contributed by atoms with E-state index >= 15 is 0 Å². The number of rotatable bonds is 4. The van der Waals surface area contributed by atoms with E-state index in [0.29, 0.717) is 7.69 Å². The highest BCUT2D eigenvalue weighted by atomic mass is 19.1. The standard InChI is InChI=1S/C18H12BFNO2.C18H12FN/c20-15-10-9-12(11-18(15)23-19-22)21-16-7-3-1-5-13(16)14-6-2-4-8-17(14)21;19-13-9-11-14(12-10-13)20-17-7-3-1-5-15(17)16-6-2-4-8-18(16)20/h1-11,22H;1-12H. The Kier molecular flexibility index (Phi) is 6.85. The summed E-state index contributed by atoms with van der Waals surface area (Å²) in [6, 6.07) is 43.9. The first-order chi connectivity index (χ1) is 21.1. The highest BCUT2D eigenvalue weighted by Crippen LogP contribution is 2.34. The Balaban J connectivity index is 0.000000141. The van der Waals surface area contributed by atoms with Crippen LogP contribution in [0.5, 0.6) is 5.75 Å². The Bertz CT molecular complexity index is 2130. The van der Waals surface area contributed by atoms with Gasteiger partial charge in [0.25, 0.3) is 0 Å². The molecule has 2 aromatic heterocycles. The van der Waals surface area contributed by atoms with Crippen molar-refractivity contribution >= 4 is 51.3 Å². The highest BCUT2D eigenvalue weighted by molar-refractivity contribution is 6.17. The second kappa shape index (κ2) is 11.1. The number of benzene rings is 6. The average molecular weight is 565 g/mol. The van der Waals surface area contributed by atoms with Crippen molar-refractivity contribution in [3.8, 4) is 17.1 Å². The van der Waals surface area contributed by atoms with E-state index in [1.165, 1.54) is 29.0 Å². The van der Waals surface area contributed by atoms with Gasteiger partial charge in [0.15, 0.2) is 5.82 Å². The molecular weight excluding hydrogens is 541 g/mol. The number of aromatic nitrogens is 2. The van der Waals surface area contributed by atoms with Gasteiger partial charge in [-0.15, -0.1) is 0 Å². The van der Waals surface area contributed by atoms with Gasteiger partial charge in [0.1, 0.15) is 11.6 Å². The third kappa shape index (κ3) is 4.70. The first-order valence-corrected chi connectivity index (χ1v) is 13.8.